The van der Waals surface area contributed by atoms with Crippen LogP contribution in [0.3, 0.4) is 0 Å². The Morgan fingerprint density at radius 3 is 2.67 bits per heavy atom. The molecule has 2 aromatic heterocycles. The van der Waals surface area contributed by atoms with Crippen molar-refractivity contribution in [3.05, 3.63) is 65.2 Å². The molecule has 106 valence electrons. The van der Waals surface area contributed by atoms with Crippen LogP contribution in [0.15, 0.2) is 42.6 Å². The summed E-state index contributed by atoms with van der Waals surface area (Å²) in [4.78, 5) is 18.3. The molecule has 4 nitrogen and oxygen atoms in total. The number of benzene rings is 1. The van der Waals surface area contributed by atoms with E-state index in [-0.39, 0.29) is 11.5 Å². The number of halogens is 1. The van der Waals surface area contributed by atoms with Gasteiger partial charge in [-0.2, -0.15) is 0 Å². The van der Waals surface area contributed by atoms with Crippen LogP contribution in [0.25, 0.3) is 11.0 Å². The van der Waals surface area contributed by atoms with Crippen LogP contribution in [0.4, 0.5) is 4.39 Å². The number of hydrogen-bond donors (Lipinski definition) is 2. The van der Waals surface area contributed by atoms with Gasteiger partial charge in [0.05, 0.1) is 11.0 Å². The number of carbonyl (C=O) groups is 1. The van der Waals surface area contributed by atoms with Crippen molar-refractivity contribution in [2.24, 2.45) is 0 Å². The smallest absolute Gasteiger partial charge is 0.354 e. The van der Waals surface area contributed by atoms with Gasteiger partial charge in [-0.15, -0.1) is 0 Å². The van der Waals surface area contributed by atoms with Crippen molar-refractivity contribution in [3.8, 4) is 0 Å². The van der Waals surface area contributed by atoms with E-state index in [1.165, 1.54) is 12.1 Å². The van der Waals surface area contributed by atoms with E-state index in [1.807, 2.05) is 0 Å². The zero-order chi connectivity index (χ0) is 14.8. The largest absolute Gasteiger partial charge is 0.477 e. The number of fused-ring (bicyclic) bond motifs is 1. The number of nitrogens with one attached hydrogen (secondary N) is 1. The molecule has 0 saturated carbocycles. The molecule has 0 amide bonds. The van der Waals surface area contributed by atoms with Crippen molar-refractivity contribution in [1.29, 1.82) is 0 Å². The summed E-state index contributed by atoms with van der Waals surface area (Å²) in [5.41, 5.74) is 3.43. The van der Waals surface area contributed by atoms with Crippen LogP contribution in [0.2, 0.25) is 0 Å². The number of nitrogens with zero attached hydrogens (tertiary/aromatic N) is 1. The van der Waals surface area contributed by atoms with Gasteiger partial charge in [-0.1, -0.05) is 12.1 Å². The average molecular weight is 284 g/mol. The molecule has 0 radical (unpaired) electrons. The topological polar surface area (TPSA) is 66.0 Å². The van der Waals surface area contributed by atoms with Crippen LogP contribution < -0.4 is 0 Å². The number of aromatic amines is 1. The first-order chi connectivity index (χ1) is 10.1. The van der Waals surface area contributed by atoms with E-state index >= 15 is 0 Å². The van der Waals surface area contributed by atoms with Crippen LogP contribution >= 0.6 is 0 Å². The summed E-state index contributed by atoms with van der Waals surface area (Å²) in [7, 11) is 0. The first-order valence-electron chi connectivity index (χ1n) is 6.58. The summed E-state index contributed by atoms with van der Waals surface area (Å²) in [5.74, 6) is -1.30. The van der Waals surface area contributed by atoms with Crippen molar-refractivity contribution in [2.45, 2.75) is 12.8 Å². The molecule has 3 rings (SSSR count). The third kappa shape index (κ3) is 2.76. The van der Waals surface area contributed by atoms with Crippen LogP contribution in [0.1, 0.15) is 21.6 Å². The summed E-state index contributed by atoms with van der Waals surface area (Å²) in [6, 6.07) is 9.67. The Balaban J connectivity index is 1.90. The fourth-order valence-corrected chi connectivity index (χ4v) is 2.35. The van der Waals surface area contributed by atoms with E-state index in [1.54, 1.807) is 30.5 Å². The molecule has 0 aliphatic carbocycles. The molecule has 21 heavy (non-hydrogen) atoms. The zero-order valence-corrected chi connectivity index (χ0v) is 11.1. The van der Waals surface area contributed by atoms with Gasteiger partial charge in [0.15, 0.2) is 0 Å². The van der Waals surface area contributed by atoms with Gasteiger partial charge in [-0.3, -0.25) is 0 Å². The Labute approximate surface area is 120 Å². The SMILES string of the molecule is O=C(O)c1cc(CCc2ccc(F)cc2)c2[nH]ccc2n1. The van der Waals surface area contributed by atoms with Gasteiger partial charge in [-0.05, 0) is 48.2 Å². The minimum atomic E-state index is -1.04. The molecule has 0 saturated heterocycles. The van der Waals surface area contributed by atoms with Gasteiger partial charge < -0.3 is 10.1 Å². The molecule has 2 N–H and O–H groups in total. The molecule has 0 atom stereocenters. The second-order valence-electron chi connectivity index (χ2n) is 4.84. The highest BCUT2D eigenvalue weighted by molar-refractivity contribution is 5.90. The lowest BCUT2D eigenvalue weighted by Gasteiger charge is -2.05. The summed E-state index contributed by atoms with van der Waals surface area (Å²) in [6.45, 7) is 0. The van der Waals surface area contributed by atoms with Crippen LogP contribution in [-0.2, 0) is 12.8 Å². The molecule has 2 heterocycles. The zero-order valence-electron chi connectivity index (χ0n) is 11.1. The second kappa shape index (κ2) is 5.36. The Kier molecular flexibility index (Phi) is 3.39. The van der Waals surface area contributed by atoms with Gasteiger partial charge >= 0.3 is 5.97 Å². The molecular formula is C16H13FN2O2. The predicted molar refractivity (Wildman–Crippen MR) is 76.9 cm³/mol. The summed E-state index contributed by atoms with van der Waals surface area (Å²) < 4.78 is 12.9. The van der Waals surface area contributed by atoms with Crippen LogP contribution in [0.5, 0.6) is 0 Å². The van der Waals surface area contributed by atoms with Gasteiger partial charge in [0.2, 0.25) is 0 Å². The minimum absolute atomic E-state index is 0.0382. The normalized spacial score (nSPS) is 10.9. The summed E-state index contributed by atoms with van der Waals surface area (Å²) in [6.07, 6.45) is 3.10. The number of H-pyrrole nitrogens is 1. The molecule has 0 spiro atoms. The lowest BCUT2D eigenvalue weighted by Crippen LogP contribution is -2.03. The highest BCUT2D eigenvalue weighted by Crippen LogP contribution is 2.19. The van der Waals surface area contributed by atoms with E-state index in [0.29, 0.717) is 18.4 Å². The number of carboxylic acids is 1. The maximum atomic E-state index is 12.9. The fraction of sp³-hybridized carbons (Fsp3) is 0.125. The lowest BCUT2D eigenvalue weighted by molar-refractivity contribution is 0.0691. The maximum absolute atomic E-state index is 12.9. The van der Waals surface area contributed by atoms with Crippen LogP contribution in [-0.4, -0.2) is 21.0 Å². The first-order valence-corrected chi connectivity index (χ1v) is 6.58. The molecule has 1 aromatic carbocycles. The third-order valence-corrected chi connectivity index (χ3v) is 3.41. The quantitative estimate of drug-likeness (QED) is 0.773. The van der Waals surface area contributed by atoms with Gasteiger partial charge in [-0.25, -0.2) is 14.2 Å². The van der Waals surface area contributed by atoms with Crippen LogP contribution in [0, 0.1) is 5.82 Å². The number of aryl methyl sites for hydroxylation is 2. The lowest BCUT2D eigenvalue weighted by atomic mass is 10.0. The van der Waals surface area contributed by atoms with Crippen molar-refractivity contribution >= 4 is 17.0 Å². The number of pyridine rings is 1. The average Bonchev–Trinajstić information content (AvgIpc) is 2.94. The molecule has 0 unspecified atom stereocenters. The van der Waals surface area contributed by atoms with Crippen molar-refractivity contribution in [2.75, 3.05) is 0 Å². The molecule has 0 fully saturated rings. The Morgan fingerprint density at radius 2 is 1.95 bits per heavy atom. The molecule has 3 aromatic rings. The van der Waals surface area contributed by atoms with E-state index in [2.05, 4.69) is 9.97 Å². The van der Waals surface area contributed by atoms with E-state index < -0.39 is 5.97 Å². The van der Waals surface area contributed by atoms with Crippen molar-refractivity contribution in [3.63, 3.8) is 0 Å². The van der Waals surface area contributed by atoms with E-state index in [0.717, 1.165) is 16.6 Å². The number of aromatic nitrogens is 2. The maximum Gasteiger partial charge on any atom is 0.354 e. The van der Waals surface area contributed by atoms with E-state index in [9.17, 15) is 9.18 Å². The fourth-order valence-electron chi connectivity index (χ4n) is 2.35. The van der Waals surface area contributed by atoms with Gasteiger partial charge in [0.25, 0.3) is 0 Å². The molecule has 0 aliphatic rings. The van der Waals surface area contributed by atoms with Crippen molar-refractivity contribution in [1.82, 2.24) is 9.97 Å². The molecule has 0 bridgehead atoms. The highest BCUT2D eigenvalue weighted by atomic mass is 19.1. The number of rotatable bonds is 4. The minimum Gasteiger partial charge on any atom is -0.477 e. The van der Waals surface area contributed by atoms with Gasteiger partial charge in [0, 0.05) is 6.20 Å². The second-order valence-corrected chi connectivity index (χ2v) is 4.84. The predicted octanol–water partition coefficient (Wildman–Crippen LogP) is 3.19. The molecule has 5 heteroatoms. The first kappa shape index (κ1) is 13.3. The molecular weight excluding hydrogens is 271 g/mol. The number of hydrogen-bond acceptors (Lipinski definition) is 2. The standard InChI is InChI=1S/C16H13FN2O2/c17-12-5-2-10(3-6-12)1-4-11-9-14(16(20)21)19-13-7-8-18-15(11)13/h2-3,5-9,18H,1,4H2,(H,20,21). The van der Waals surface area contributed by atoms with Crippen molar-refractivity contribution < 1.29 is 14.3 Å². The Bertz CT molecular complexity index is 794. The highest BCUT2D eigenvalue weighted by Gasteiger charge is 2.11. The Morgan fingerprint density at radius 1 is 1.19 bits per heavy atom. The monoisotopic (exact) mass is 284 g/mol. The Hall–Kier alpha value is -2.69. The number of carboxylic acid groups (broad SMARTS) is 1. The third-order valence-electron chi connectivity index (χ3n) is 3.41. The summed E-state index contributed by atoms with van der Waals surface area (Å²) >= 11 is 0. The summed E-state index contributed by atoms with van der Waals surface area (Å²) in [5, 5.41) is 9.11. The van der Waals surface area contributed by atoms with E-state index in [4.69, 9.17) is 5.11 Å². The number of aromatic carboxylic acids is 1. The molecule has 0 aliphatic heterocycles. The van der Waals surface area contributed by atoms with Gasteiger partial charge in [0.1, 0.15) is 11.5 Å².